The van der Waals surface area contributed by atoms with Gasteiger partial charge in [-0.15, -0.1) is 11.3 Å². The van der Waals surface area contributed by atoms with Crippen molar-refractivity contribution in [1.29, 1.82) is 0 Å². The molecule has 1 saturated carbocycles. The van der Waals surface area contributed by atoms with Crippen LogP contribution in [0.1, 0.15) is 109 Å². The number of benzene rings is 1. The lowest BCUT2D eigenvalue weighted by Gasteiger charge is -2.30. The summed E-state index contributed by atoms with van der Waals surface area (Å²) in [6.45, 7) is 14.1. The van der Waals surface area contributed by atoms with Gasteiger partial charge in [-0.1, -0.05) is 60.5 Å². The van der Waals surface area contributed by atoms with E-state index in [4.69, 9.17) is 4.98 Å². The molecule has 1 aromatic heterocycles. The van der Waals surface area contributed by atoms with E-state index in [1.807, 2.05) is 11.3 Å². The summed E-state index contributed by atoms with van der Waals surface area (Å²) in [6, 6.07) is 5.02. The zero-order valence-corrected chi connectivity index (χ0v) is 17.9. The number of aromatic nitrogens is 1. The van der Waals surface area contributed by atoms with Gasteiger partial charge in [0.25, 0.3) is 0 Å². The van der Waals surface area contributed by atoms with Crippen LogP contribution in [-0.2, 0) is 10.8 Å². The second kappa shape index (κ2) is 7.02. The third-order valence-electron chi connectivity index (χ3n) is 6.30. The molecule has 3 rings (SSSR count). The monoisotopic (exact) mass is 357 g/mol. The summed E-state index contributed by atoms with van der Waals surface area (Å²) in [5.74, 6) is 0.759. The zero-order valence-electron chi connectivity index (χ0n) is 17.0. The minimum atomic E-state index is 0.181. The molecule has 0 unspecified atom stereocenters. The summed E-state index contributed by atoms with van der Waals surface area (Å²) in [5.41, 5.74) is 4.91. The molecular formula is C23H35NS. The Balaban J connectivity index is 2.15. The normalized spacial score (nSPS) is 15.9. The fourth-order valence-electron chi connectivity index (χ4n) is 4.07. The molecule has 1 aromatic carbocycles. The highest BCUT2D eigenvalue weighted by molar-refractivity contribution is 7.18. The average Bonchev–Trinajstić information content (AvgIpc) is 3.32. The Hall–Kier alpha value is -0.890. The second-order valence-electron chi connectivity index (χ2n) is 9.00. The summed E-state index contributed by atoms with van der Waals surface area (Å²) in [5, 5.41) is 1.32. The molecule has 0 atom stereocenters. The van der Waals surface area contributed by atoms with Gasteiger partial charge in [-0.3, -0.25) is 0 Å². The second-order valence-corrected chi connectivity index (χ2v) is 10.0. The zero-order chi connectivity index (χ0) is 18.2. The van der Waals surface area contributed by atoms with Gasteiger partial charge < -0.3 is 0 Å². The summed E-state index contributed by atoms with van der Waals surface area (Å²) in [7, 11) is 0. The van der Waals surface area contributed by atoms with Crippen molar-refractivity contribution in [2.75, 3.05) is 0 Å². The molecule has 0 amide bonds. The van der Waals surface area contributed by atoms with Gasteiger partial charge in [0.2, 0.25) is 0 Å². The van der Waals surface area contributed by atoms with Crippen LogP contribution in [0.2, 0.25) is 0 Å². The van der Waals surface area contributed by atoms with E-state index in [9.17, 15) is 0 Å². The Kier molecular flexibility index (Phi) is 5.31. The summed E-state index contributed by atoms with van der Waals surface area (Å²) in [4.78, 5) is 5.15. The minimum Gasteiger partial charge on any atom is -0.240 e. The molecule has 0 aliphatic heterocycles. The van der Waals surface area contributed by atoms with Gasteiger partial charge in [-0.25, -0.2) is 4.98 Å². The highest BCUT2D eigenvalue weighted by Gasteiger charge is 2.32. The van der Waals surface area contributed by atoms with Crippen LogP contribution in [0.5, 0.6) is 0 Å². The predicted molar refractivity (Wildman–Crippen MR) is 112 cm³/mol. The van der Waals surface area contributed by atoms with Gasteiger partial charge in [0, 0.05) is 5.41 Å². The van der Waals surface area contributed by atoms with Gasteiger partial charge in [-0.05, 0) is 60.6 Å². The van der Waals surface area contributed by atoms with Crippen molar-refractivity contribution in [2.45, 2.75) is 103 Å². The van der Waals surface area contributed by atoms with E-state index in [1.165, 1.54) is 53.7 Å². The highest BCUT2D eigenvalue weighted by Crippen LogP contribution is 2.47. The van der Waals surface area contributed by atoms with E-state index in [1.54, 1.807) is 11.1 Å². The topological polar surface area (TPSA) is 12.9 Å². The third kappa shape index (κ3) is 3.65. The molecule has 25 heavy (non-hydrogen) atoms. The molecule has 0 spiro atoms. The van der Waals surface area contributed by atoms with Crippen molar-refractivity contribution in [3.05, 3.63) is 28.3 Å². The smallest absolute Gasteiger partial charge is 0.0994 e. The van der Waals surface area contributed by atoms with E-state index < -0.39 is 0 Å². The maximum atomic E-state index is 5.15. The largest absolute Gasteiger partial charge is 0.240 e. The number of rotatable bonds is 8. The van der Waals surface area contributed by atoms with Crippen molar-refractivity contribution in [1.82, 2.24) is 4.98 Å². The molecule has 0 N–H and O–H groups in total. The molecular weight excluding hydrogens is 322 g/mol. The Morgan fingerprint density at radius 1 is 1.04 bits per heavy atom. The fraction of sp³-hybridized carbons (Fsp3) is 0.696. The van der Waals surface area contributed by atoms with Gasteiger partial charge in [0.1, 0.15) is 0 Å². The summed E-state index contributed by atoms with van der Waals surface area (Å²) < 4.78 is 1.43. The minimum absolute atomic E-state index is 0.181. The van der Waals surface area contributed by atoms with Crippen molar-refractivity contribution >= 4 is 21.6 Å². The molecule has 1 nitrogen and oxygen atoms in total. The van der Waals surface area contributed by atoms with E-state index in [2.05, 4.69) is 53.7 Å². The SMILES string of the molecule is CCCC(C)(CCC)c1cc(C2CC2)c2nc(C(C)(C)CC)sc2c1. The van der Waals surface area contributed by atoms with Crippen molar-refractivity contribution in [3.63, 3.8) is 0 Å². The number of nitrogens with zero attached hydrogens (tertiary/aromatic N) is 1. The average molecular weight is 358 g/mol. The van der Waals surface area contributed by atoms with Gasteiger partial charge in [0.05, 0.1) is 15.2 Å². The quantitative estimate of drug-likeness (QED) is 0.471. The van der Waals surface area contributed by atoms with Crippen LogP contribution < -0.4 is 0 Å². The molecule has 1 heterocycles. The maximum absolute atomic E-state index is 5.15. The fourth-order valence-corrected chi connectivity index (χ4v) is 5.28. The Bertz CT molecular complexity index is 730. The first-order chi connectivity index (χ1) is 11.8. The first-order valence-corrected chi connectivity index (χ1v) is 11.1. The van der Waals surface area contributed by atoms with Crippen molar-refractivity contribution in [3.8, 4) is 0 Å². The number of fused-ring (bicyclic) bond motifs is 1. The van der Waals surface area contributed by atoms with Crippen LogP contribution >= 0.6 is 11.3 Å². The number of thiazole rings is 1. The molecule has 1 aliphatic carbocycles. The van der Waals surface area contributed by atoms with Crippen LogP contribution in [0, 0.1) is 0 Å². The lowest BCUT2D eigenvalue weighted by Crippen LogP contribution is -2.21. The Morgan fingerprint density at radius 3 is 2.20 bits per heavy atom. The molecule has 0 radical (unpaired) electrons. The van der Waals surface area contributed by atoms with Crippen molar-refractivity contribution < 1.29 is 0 Å². The van der Waals surface area contributed by atoms with Gasteiger partial charge in [-0.2, -0.15) is 0 Å². The molecule has 0 saturated heterocycles. The van der Waals surface area contributed by atoms with Crippen LogP contribution in [0.15, 0.2) is 12.1 Å². The summed E-state index contributed by atoms with van der Waals surface area (Å²) >= 11 is 1.94. The molecule has 2 heteroatoms. The summed E-state index contributed by atoms with van der Waals surface area (Å²) in [6.07, 6.45) is 8.91. The third-order valence-corrected chi connectivity index (χ3v) is 7.67. The van der Waals surface area contributed by atoms with Crippen LogP contribution in [0.25, 0.3) is 10.2 Å². The Labute approximate surface area is 158 Å². The first-order valence-electron chi connectivity index (χ1n) is 10.3. The molecule has 2 aromatic rings. The molecule has 1 fully saturated rings. The molecule has 0 bridgehead atoms. The van der Waals surface area contributed by atoms with Crippen LogP contribution in [-0.4, -0.2) is 4.98 Å². The maximum Gasteiger partial charge on any atom is 0.0994 e. The lowest BCUT2D eigenvalue weighted by molar-refractivity contribution is 0.392. The molecule has 138 valence electrons. The standard InChI is InChI=1S/C23H35NS/c1-7-12-23(6,13-8-2)17-14-18(16-10-11-16)20-19(15-17)25-21(24-20)22(4,5)9-3/h14-16H,7-13H2,1-6H3. The van der Waals surface area contributed by atoms with Gasteiger partial charge in [0.15, 0.2) is 0 Å². The number of hydrogen-bond donors (Lipinski definition) is 0. The van der Waals surface area contributed by atoms with Crippen LogP contribution in [0.3, 0.4) is 0 Å². The van der Waals surface area contributed by atoms with E-state index in [0.29, 0.717) is 5.41 Å². The van der Waals surface area contributed by atoms with Crippen LogP contribution in [0.4, 0.5) is 0 Å². The predicted octanol–water partition coefficient (Wildman–Crippen LogP) is 7.72. The number of hydrogen-bond acceptors (Lipinski definition) is 2. The van der Waals surface area contributed by atoms with E-state index in [-0.39, 0.29) is 5.41 Å². The van der Waals surface area contributed by atoms with Gasteiger partial charge >= 0.3 is 0 Å². The molecule has 1 aliphatic rings. The lowest BCUT2D eigenvalue weighted by atomic mass is 9.74. The van der Waals surface area contributed by atoms with Crippen molar-refractivity contribution in [2.24, 2.45) is 0 Å². The van der Waals surface area contributed by atoms with E-state index in [0.717, 1.165) is 12.3 Å². The first kappa shape index (κ1) is 18.9. The van der Waals surface area contributed by atoms with E-state index >= 15 is 0 Å². The Morgan fingerprint density at radius 2 is 1.68 bits per heavy atom. The highest BCUT2D eigenvalue weighted by atomic mass is 32.1.